The lowest BCUT2D eigenvalue weighted by molar-refractivity contribution is -0.123. The Morgan fingerprint density at radius 2 is 1.67 bits per heavy atom. The minimum absolute atomic E-state index is 0.0378. The molecule has 0 saturated carbocycles. The van der Waals surface area contributed by atoms with Gasteiger partial charge in [0.15, 0.2) is 0 Å². The van der Waals surface area contributed by atoms with Gasteiger partial charge in [-0.3, -0.25) is 14.5 Å². The third-order valence-electron chi connectivity index (χ3n) is 5.34. The summed E-state index contributed by atoms with van der Waals surface area (Å²) in [4.78, 5) is 50.8. The van der Waals surface area contributed by atoms with Crippen LogP contribution in [0.5, 0.6) is 5.75 Å². The van der Waals surface area contributed by atoms with Crippen molar-refractivity contribution >= 4 is 40.9 Å². The molecule has 0 atom stereocenters. The second-order valence-corrected chi connectivity index (χ2v) is 8.79. The number of amides is 2. The van der Waals surface area contributed by atoms with E-state index in [0.717, 1.165) is 22.2 Å². The second kappa shape index (κ2) is 10.9. The summed E-state index contributed by atoms with van der Waals surface area (Å²) in [7, 11) is 1.29. The average Bonchev–Trinajstić information content (AvgIpc) is 3.16. The van der Waals surface area contributed by atoms with Gasteiger partial charge in [0.2, 0.25) is 0 Å². The van der Waals surface area contributed by atoms with E-state index in [4.69, 9.17) is 4.74 Å². The van der Waals surface area contributed by atoms with Gasteiger partial charge in [-0.2, -0.15) is 0 Å². The number of nitrogens with zero attached hydrogens (tertiary/aromatic N) is 1. The van der Waals surface area contributed by atoms with E-state index < -0.39 is 23.1 Å². The number of thioether (sulfide) groups is 1. The molecule has 8 nitrogen and oxygen atoms in total. The van der Waals surface area contributed by atoms with Crippen LogP contribution in [0.3, 0.4) is 0 Å². The zero-order valence-corrected chi connectivity index (χ0v) is 20.0. The number of phenolic OH excluding ortho intramolecular Hbond substituents is 1. The van der Waals surface area contributed by atoms with Gasteiger partial charge in [0.1, 0.15) is 17.9 Å². The number of methoxy groups -OCH3 is 1. The largest absolute Gasteiger partial charge is 0.507 e. The lowest BCUT2D eigenvalue weighted by Gasteiger charge is -2.12. The smallest absolute Gasteiger partial charge is 0.342 e. The molecule has 3 aromatic carbocycles. The van der Waals surface area contributed by atoms with Crippen molar-refractivity contribution in [3.8, 4) is 5.75 Å². The number of esters is 2. The van der Waals surface area contributed by atoms with Crippen molar-refractivity contribution in [3.05, 3.63) is 106 Å². The predicted molar refractivity (Wildman–Crippen MR) is 133 cm³/mol. The number of ether oxygens (including phenoxy) is 2. The van der Waals surface area contributed by atoms with Crippen LogP contribution >= 0.6 is 11.8 Å². The Morgan fingerprint density at radius 1 is 0.944 bits per heavy atom. The number of benzene rings is 3. The lowest BCUT2D eigenvalue weighted by Crippen LogP contribution is -2.27. The number of carbonyl (C=O) groups excluding carboxylic acids is 4. The molecule has 0 unspecified atom stereocenters. The molecule has 1 N–H and O–H groups in total. The molecule has 0 aliphatic carbocycles. The van der Waals surface area contributed by atoms with Crippen molar-refractivity contribution in [1.29, 1.82) is 0 Å². The van der Waals surface area contributed by atoms with Gasteiger partial charge >= 0.3 is 11.9 Å². The molecule has 1 fully saturated rings. The third kappa shape index (κ3) is 5.64. The Morgan fingerprint density at radius 3 is 2.36 bits per heavy atom. The van der Waals surface area contributed by atoms with Crippen LogP contribution in [0.2, 0.25) is 0 Å². The Labute approximate surface area is 211 Å². The Balaban J connectivity index is 1.47. The van der Waals surface area contributed by atoms with E-state index in [0.29, 0.717) is 16.7 Å². The normalized spacial score (nSPS) is 14.2. The van der Waals surface area contributed by atoms with Crippen LogP contribution < -0.4 is 0 Å². The fraction of sp³-hybridized carbons (Fsp3) is 0.111. The molecule has 3 aromatic rings. The highest BCUT2D eigenvalue weighted by molar-refractivity contribution is 8.18. The van der Waals surface area contributed by atoms with Crippen LogP contribution in [0.25, 0.3) is 6.08 Å². The zero-order valence-electron chi connectivity index (χ0n) is 19.2. The SMILES string of the molecule is COC(=O)c1ccc(CN2C(=O)SC(=Cc3ccc(O)c(C(=O)OCc4ccccc4)c3)C2=O)cc1. The molecule has 1 saturated heterocycles. The van der Waals surface area contributed by atoms with Crippen molar-refractivity contribution in [2.24, 2.45) is 0 Å². The molecule has 9 heteroatoms. The lowest BCUT2D eigenvalue weighted by atomic mass is 10.1. The Kier molecular flexibility index (Phi) is 7.50. The van der Waals surface area contributed by atoms with Gasteiger partial charge in [-0.1, -0.05) is 48.5 Å². The predicted octanol–water partition coefficient (Wildman–Crippen LogP) is 4.77. The number of phenols is 1. The van der Waals surface area contributed by atoms with Crippen LogP contribution in [0, 0.1) is 0 Å². The first-order valence-electron chi connectivity index (χ1n) is 10.8. The number of hydrogen-bond donors (Lipinski definition) is 1. The quantitative estimate of drug-likeness (QED) is 0.363. The fourth-order valence-corrected chi connectivity index (χ4v) is 4.28. The first-order chi connectivity index (χ1) is 17.4. The van der Waals surface area contributed by atoms with Gasteiger partial charge < -0.3 is 14.6 Å². The summed E-state index contributed by atoms with van der Waals surface area (Å²) in [5.41, 5.74) is 2.23. The summed E-state index contributed by atoms with van der Waals surface area (Å²) >= 11 is 0.779. The standard InChI is InChI=1S/C27H21NO7S/c1-34-25(31)20-10-7-17(8-11-20)15-28-24(30)23(36-27(28)33)14-19-9-12-22(29)21(13-19)26(32)35-16-18-5-3-2-4-6-18/h2-14,29H,15-16H2,1H3. The number of hydrogen-bond acceptors (Lipinski definition) is 8. The van der Waals surface area contributed by atoms with Gasteiger partial charge in [0.25, 0.3) is 11.1 Å². The minimum Gasteiger partial charge on any atom is -0.507 e. The molecule has 1 aliphatic heterocycles. The summed E-state index contributed by atoms with van der Waals surface area (Å²) in [6.45, 7) is 0.0823. The molecule has 36 heavy (non-hydrogen) atoms. The summed E-state index contributed by atoms with van der Waals surface area (Å²) in [6, 6.07) is 19.8. The van der Waals surface area contributed by atoms with Gasteiger partial charge in [-0.15, -0.1) is 0 Å². The van der Waals surface area contributed by atoms with Crippen LogP contribution in [-0.2, 0) is 27.4 Å². The summed E-state index contributed by atoms with van der Waals surface area (Å²) in [5.74, 6) is -1.93. The Hall–Kier alpha value is -4.37. The molecule has 0 spiro atoms. The summed E-state index contributed by atoms with van der Waals surface area (Å²) < 4.78 is 9.95. The molecule has 1 heterocycles. The van der Waals surface area contributed by atoms with E-state index in [-0.39, 0.29) is 29.4 Å². The molecule has 4 rings (SSSR count). The van der Waals surface area contributed by atoms with Gasteiger partial charge in [-0.25, -0.2) is 9.59 Å². The zero-order chi connectivity index (χ0) is 25.7. The van der Waals surface area contributed by atoms with E-state index >= 15 is 0 Å². The van der Waals surface area contributed by atoms with Crippen LogP contribution in [0.15, 0.2) is 77.7 Å². The highest BCUT2D eigenvalue weighted by Crippen LogP contribution is 2.34. The monoisotopic (exact) mass is 503 g/mol. The van der Waals surface area contributed by atoms with Crippen molar-refractivity contribution in [1.82, 2.24) is 4.90 Å². The first-order valence-corrected chi connectivity index (χ1v) is 11.6. The molecule has 0 aromatic heterocycles. The number of imide groups is 1. The number of rotatable bonds is 7. The van der Waals surface area contributed by atoms with E-state index in [2.05, 4.69) is 4.74 Å². The molecule has 0 bridgehead atoms. The number of aromatic hydroxyl groups is 1. The maximum atomic E-state index is 12.9. The summed E-state index contributed by atoms with van der Waals surface area (Å²) in [6.07, 6.45) is 1.48. The van der Waals surface area contributed by atoms with E-state index in [1.54, 1.807) is 24.3 Å². The second-order valence-electron chi connectivity index (χ2n) is 7.79. The maximum absolute atomic E-state index is 12.9. The topological polar surface area (TPSA) is 110 Å². The molecule has 2 amide bonds. The van der Waals surface area contributed by atoms with Crippen LogP contribution in [0.4, 0.5) is 4.79 Å². The molecule has 1 aliphatic rings. The molecule has 0 radical (unpaired) electrons. The number of carbonyl (C=O) groups is 4. The molecular weight excluding hydrogens is 482 g/mol. The highest BCUT2D eigenvalue weighted by atomic mass is 32.2. The van der Waals surface area contributed by atoms with Crippen LogP contribution in [0.1, 0.15) is 37.4 Å². The summed E-state index contributed by atoms with van der Waals surface area (Å²) in [5, 5.41) is 9.71. The minimum atomic E-state index is -0.713. The van der Waals surface area contributed by atoms with Gasteiger partial charge in [-0.05, 0) is 58.8 Å². The fourth-order valence-electron chi connectivity index (χ4n) is 3.44. The van der Waals surface area contributed by atoms with Gasteiger partial charge in [0, 0.05) is 0 Å². The molecular formula is C27H21NO7S. The van der Waals surface area contributed by atoms with E-state index in [1.807, 2.05) is 30.3 Å². The molecule has 182 valence electrons. The maximum Gasteiger partial charge on any atom is 0.342 e. The van der Waals surface area contributed by atoms with Crippen molar-refractivity contribution < 1.29 is 33.8 Å². The van der Waals surface area contributed by atoms with Crippen molar-refractivity contribution in [2.45, 2.75) is 13.2 Å². The van der Waals surface area contributed by atoms with Gasteiger partial charge in [0.05, 0.1) is 24.1 Å². The highest BCUT2D eigenvalue weighted by Gasteiger charge is 2.35. The van der Waals surface area contributed by atoms with E-state index in [9.17, 15) is 24.3 Å². The average molecular weight is 504 g/mol. The van der Waals surface area contributed by atoms with Crippen molar-refractivity contribution in [2.75, 3.05) is 7.11 Å². The van der Waals surface area contributed by atoms with Crippen molar-refractivity contribution in [3.63, 3.8) is 0 Å². The first kappa shape index (κ1) is 24.7. The third-order valence-corrected chi connectivity index (χ3v) is 6.25. The van der Waals surface area contributed by atoms with E-state index in [1.165, 1.54) is 31.4 Å². The van der Waals surface area contributed by atoms with Crippen LogP contribution in [-0.4, -0.2) is 40.2 Å². The Bertz CT molecular complexity index is 1350.